The average molecular weight is 251 g/mol. The lowest BCUT2D eigenvalue weighted by atomic mass is 10.1. The summed E-state index contributed by atoms with van der Waals surface area (Å²) >= 11 is 0. The molecule has 3 rings (SSSR count). The van der Waals surface area contributed by atoms with Crippen LogP contribution in [0.3, 0.4) is 0 Å². The van der Waals surface area contributed by atoms with Crippen molar-refractivity contribution in [2.75, 3.05) is 0 Å². The first-order valence-electron chi connectivity index (χ1n) is 6.05. The second kappa shape index (κ2) is 5.35. The van der Waals surface area contributed by atoms with Gasteiger partial charge >= 0.3 is 0 Å². The Bertz CT molecular complexity index is 608. The smallest absolute Gasteiger partial charge is 0.238 e. The Morgan fingerprint density at radius 3 is 2.74 bits per heavy atom. The van der Waals surface area contributed by atoms with Crippen LogP contribution in [0.25, 0.3) is 0 Å². The highest BCUT2D eigenvalue weighted by Crippen LogP contribution is 2.21. The first-order valence-corrected chi connectivity index (χ1v) is 6.05. The van der Waals surface area contributed by atoms with Crippen molar-refractivity contribution in [1.29, 1.82) is 0 Å². The predicted molar refractivity (Wildman–Crippen MR) is 75.0 cm³/mol. The van der Waals surface area contributed by atoms with Gasteiger partial charge < -0.3 is 4.84 Å². The molecule has 2 aromatic rings. The van der Waals surface area contributed by atoms with E-state index >= 15 is 0 Å². The maximum atomic E-state index is 5.29. The molecule has 1 aliphatic heterocycles. The van der Waals surface area contributed by atoms with Gasteiger partial charge in [0.1, 0.15) is 0 Å². The highest BCUT2D eigenvalue weighted by Gasteiger charge is 2.17. The fourth-order valence-corrected chi connectivity index (χ4v) is 1.88. The molecular formula is C15H13N3O. The molecule has 94 valence electrons. The van der Waals surface area contributed by atoms with Crippen molar-refractivity contribution in [2.24, 2.45) is 10.3 Å². The van der Waals surface area contributed by atoms with Crippen molar-refractivity contribution in [3.63, 3.8) is 0 Å². The molecule has 19 heavy (non-hydrogen) atoms. The zero-order chi connectivity index (χ0) is 12.9. The Morgan fingerprint density at radius 1 is 1.05 bits per heavy atom. The SMILES string of the molecule is C(=NNC1ON=Cc2ccccc21)c1ccccc1. The van der Waals surface area contributed by atoms with E-state index in [9.17, 15) is 0 Å². The van der Waals surface area contributed by atoms with Crippen molar-refractivity contribution < 1.29 is 4.84 Å². The maximum Gasteiger partial charge on any atom is 0.238 e. The molecule has 0 amide bonds. The van der Waals surface area contributed by atoms with Gasteiger partial charge in [-0.15, -0.1) is 0 Å². The molecule has 0 fully saturated rings. The minimum absolute atomic E-state index is 0.346. The van der Waals surface area contributed by atoms with E-state index in [1.54, 1.807) is 12.4 Å². The maximum absolute atomic E-state index is 5.29. The normalized spacial score (nSPS) is 16.9. The monoisotopic (exact) mass is 251 g/mol. The second-order valence-corrected chi connectivity index (χ2v) is 4.15. The van der Waals surface area contributed by atoms with Crippen molar-refractivity contribution in [3.05, 3.63) is 71.3 Å². The fourth-order valence-electron chi connectivity index (χ4n) is 1.88. The van der Waals surface area contributed by atoms with Crippen LogP contribution in [-0.2, 0) is 4.84 Å². The lowest BCUT2D eigenvalue weighted by Crippen LogP contribution is -2.21. The third-order valence-electron chi connectivity index (χ3n) is 2.84. The molecule has 1 atom stereocenters. The minimum atomic E-state index is -0.346. The van der Waals surface area contributed by atoms with Gasteiger partial charge in [0.15, 0.2) is 0 Å². The molecule has 1 N–H and O–H groups in total. The molecule has 0 aromatic heterocycles. The number of nitrogens with zero attached hydrogens (tertiary/aromatic N) is 2. The topological polar surface area (TPSA) is 46.0 Å². The Morgan fingerprint density at radius 2 is 1.84 bits per heavy atom. The average Bonchev–Trinajstić information content (AvgIpc) is 2.49. The molecule has 0 spiro atoms. The Hall–Kier alpha value is -2.62. The molecule has 4 heteroatoms. The van der Waals surface area contributed by atoms with Gasteiger partial charge in [-0.25, -0.2) is 0 Å². The number of benzene rings is 2. The van der Waals surface area contributed by atoms with Crippen LogP contribution in [0.4, 0.5) is 0 Å². The second-order valence-electron chi connectivity index (χ2n) is 4.15. The first-order chi connectivity index (χ1) is 9.43. The van der Waals surface area contributed by atoms with Crippen LogP contribution in [0, 0.1) is 0 Å². The van der Waals surface area contributed by atoms with Gasteiger partial charge in [0.2, 0.25) is 6.23 Å². The summed E-state index contributed by atoms with van der Waals surface area (Å²) in [6, 6.07) is 17.8. The summed E-state index contributed by atoms with van der Waals surface area (Å²) in [5, 5.41) is 8.05. The molecule has 0 saturated heterocycles. The summed E-state index contributed by atoms with van der Waals surface area (Å²) in [6.07, 6.45) is 3.11. The van der Waals surface area contributed by atoms with Crippen molar-refractivity contribution in [2.45, 2.75) is 6.23 Å². The Balaban J connectivity index is 1.72. The lowest BCUT2D eigenvalue weighted by Gasteiger charge is -2.19. The molecule has 0 bridgehead atoms. The zero-order valence-corrected chi connectivity index (χ0v) is 10.2. The largest absolute Gasteiger partial charge is 0.364 e. The van der Waals surface area contributed by atoms with Gasteiger partial charge in [-0.2, -0.15) is 5.10 Å². The molecule has 0 aliphatic carbocycles. The summed E-state index contributed by atoms with van der Waals surface area (Å²) in [5.74, 6) is 0. The molecule has 1 unspecified atom stereocenters. The Kier molecular flexibility index (Phi) is 3.23. The number of fused-ring (bicyclic) bond motifs is 1. The number of nitrogens with one attached hydrogen (secondary N) is 1. The van der Waals surface area contributed by atoms with E-state index in [1.807, 2.05) is 54.6 Å². The predicted octanol–water partition coefficient (Wildman–Crippen LogP) is 2.67. The van der Waals surface area contributed by atoms with E-state index < -0.39 is 0 Å². The van der Waals surface area contributed by atoms with Crippen LogP contribution in [0.1, 0.15) is 22.9 Å². The lowest BCUT2D eigenvalue weighted by molar-refractivity contribution is 0.0314. The summed E-state index contributed by atoms with van der Waals surface area (Å²) in [7, 11) is 0. The van der Waals surface area contributed by atoms with E-state index in [2.05, 4.69) is 15.7 Å². The fraction of sp³-hybridized carbons (Fsp3) is 0.0667. The van der Waals surface area contributed by atoms with E-state index in [1.165, 1.54) is 0 Å². The Labute approximate surface area is 111 Å². The summed E-state index contributed by atoms with van der Waals surface area (Å²) in [6.45, 7) is 0. The van der Waals surface area contributed by atoms with Crippen LogP contribution in [0.15, 0.2) is 64.9 Å². The van der Waals surface area contributed by atoms with Crippen LogP contribution in [-0.4, -0.2) is 12.4 Å². The zero-order valence-electron chi connectivity index (χ0n) is 10.2. The van der Waals surface area contributed by atoms with Gasteiger partial charge in [0.25, 0.3) is 0 Å². The molecule has 0 radical (unpaired) electrons. The number of hydrogen-bond donors (Lipinski definition) is 1. The van der Waals surface area contributed by atoms with Gasteiger partial charge in [-0.05, 0) is 5.56 Å². The van der Waals surface area contributed by atoms with Gasteiger partial charge in [-0.3, -0.25) is 5.43 Å². The van der Waals surface area contributed by atoms with Crippen LogP contribution >= 0.6 is 0 Å². The highest BCUT2D eigenvalue weighted by atomic mass is 16.6. The van der Waals surface area contributed by atoms with E-state index in [-0.39, 0.29) is 6.23 Å². The highest BCUT2D eigenvalue weighted by molar-refractivity contribution is 5.82. The first kappa shape index (κ1) is 11.5. The van der Waals surface area contributed by atoms with Gasteiger partial charge in [0, 0.05) is 11.1 Å². The quantitative estimate of drug-likeness (QED) is 0.673. The van der Waals surface area contributed by atoms with Crippen molar-refractivity contribution in [3.8, 4) is 0 Å². The number of hydrogen-bond acceptors (Lipinski definition) is 4. The van der Waals surface area contributed by atoms with Crippen LogP contribution in [0.5, 0.6) is 0 Å². The third-order valence-corrected chi connectivity index (χ3v) is 2.84. The van der Waals surface area contributed by atoms with E-state index in [4.69, 9.17) is 4.84 Å². The van der Waals surface area contributed by atoms with E-state index in [0.29, 0.717) is 0 Å². The summed E-state index contributed by atoms with van der Waals surface area (Å²) in [5.41, 5.74) is 6.06. The number of rotatable bonds is 3. The van der Waals surface area contributed by atoms with Crippen molar-refractivity contribution in [1.82, 2.24) is 5.43 Å². The van der Waals surface area contributed by atoms with Crippen LogP contribution in [0.2, 0.25) is 0 Å². The summed E-state index contributed by atoms with van der Waals surface area (Å²) in [4.78, 5) is 5.29. The summed E-state index contributed by atoms with van der Waals surface area (Å²) < 4.78 is 0. The van der Waals surface area contributed by atoms with E-state index in [0.717, 1.165) is 16.7 Å². The molecular weight excluding hydrogens is 238 g/mol. The number of hydrazone groups is 1. The molecule has 1 aliphatic rings. The van der Waals surface area contributed by atoms with Crippen molar-refractivity contribution >= 4 is 12.4 Å². The third kappa shape index (κ3) is 2.63. The molecule has 1 heterocycles. The molecule has 4 nitrogen and oxygen atoms in total. The molecule has 0 saturated carbocycles. The molecule has 2 aromatic carbocycles. The standard InChI is InChI=1S/C15H13N3O/c1-2-6-12(7-3-1)10-16-18-15-14-9-5-4-8-13(14)11-17-19-15/h1-11,15,18H. The van der Waals surface area contributed by atoms with Gasteiger partial charge in [-0.1, -0.05) is 59.8 Å². The number of oxime groups is 1. The van der Waals surface area contributed by atoms with Gasteiger partial charge in [0.05, 0.1) is 12.4 Å². The minimum Gasteiger partial charge on any atom is -0.364 e. The van der Waals surface area contributed by atoms with Crippen LogP contribution < -0.4 is 5.43 Å².